The number of halogens is 1. The van der Waals surface area contributed by atoms with Crippen LogP contribution in [0.15, 0.2) is 12.7 Å². The molecule has 4 heteroatoms. The number of carbonyl (C=O) groups is 1. The van der Waals surface area contributed by atoms with E-state index in [0.29, 0.717) is 6.61 Å². The van der Waals surface area contributed by atoms with Crippen LogP contribution in [0.5, 0.6) is 0 Å². The molecule has 9 heavy (non-hydrogen) atoms. The summed E-state index contributed by atoms with van der Waals surface area (Å²) in [5, 5.41) is 0. The monoisotopic (exact) mass is 135 g/mol. The van der Waals surface area contributed by atoms with Crippen LogP contribution in [0.2, 0.25) is 0 Å². The van der Waals surface area contributed by atoms with E-state index < -0.39 is 0 Å². The molecule has 0 aromatic heterocycles. The highest BCUT2D eigenvalue weighted by Crippen LogP contribution is 1.74. The van der Waals surface area contributed by atoms with E-state index in [1.165, 1.54) is 0 Å². The molecule has 0 atom stereocenters. The van der Waals surface area contributed by atoms with Crippen molar-refractivity contribution in [3.63, 3.8) is 0 Å². The standard InChI is InChI=1S/C5H8O2.FH2N/c1-3-5(6)7-4-2;1-2/h3H,1,4H2,2H3;2H2. The SMILES string of the molecule is C=CC(=O)OCC.NF. The molecule has 0 bridgehead atoms. The molecule has 0 fully saturated rings. The van der Waals surface area contributed by atoms with E-state index in [-0.39, 0.29) is 5.97 Å². The average Bonchev–Trinajstić information content (AvgIpc) is 1.93. The number of rotatable bonds is 2. The number of nitrogens with two attached hydrogens (primary N) is 1. The van der Waals surface area contributed by atoms with E-state index >= 15 is 0 Å². The first-order valence-electron chi connectivity index (χ1n) is 2.32. The van der Waals surface area contributed by atoms with Crippen molar-refractivity contribution in [2.75, 3.05) is 6.61 Å². The Balaban J connectivity index is 0. The maximum atomic E-state index is 10.1. The fraction of sp³-hybridized carbons (Fsp3) is 0.400. The van der Waals surface area contributed by atoms with Gasteiger partial charge in [-0.05, 0) is 6.92 Å². The van der Waals surface area contributed by atoms with E-state index in [4.69, 9.17) is 4.48 Å². The topological polar surface area (TPSA) is 52.3 Å². The molecule has 0 unspecified atom stereocenters. The van der Waals surface area contributed by atoms with Crippen molar-refractivity contribution in [1.29, 1.82) is 0 Å². The lowest BCUT2D eigenvalue weighted by molar-refractivity contribution is -0.137. The largest absolute Gasteiger partial charge is 0.463 e. The molecule has 2 N–H and O–H groups in total. The van der Waals surface area contributed by atoms with E-state index in [9.17, 15) is 4.79 Å². The van der Waals surface area contributed by atoms with Crippen molar-refractivity contribution in [2.45, 2.75) is 6.92 Å². The molecule has 0 aliphatic heterocycles. The van der Waals surface area contributed by atoms with Crippen LogP contribution in [0.1, 0.15) is 6.92 Å². The normalized spacial score (nSPS) is 6.56. The number of carbonyl (C=O) groups excluding carboxylic acids is 1. The molecule has 0 spiro atoms. The van der Waals surface area contributed by atoms with E-state index in [0.717, 1.165) is 6.08 Å². The Bertz CT molecular complexity index is 85.0. The minimum absolute atomic E-state index is 0.359. The molecule has 0 radical (unpaired) electrons. The molecular weight excluding hydrogens is 125 g/mol. The minimum Gasteiger partial charge on any atom is -0.463 e. The summed E-state index contributed by atoms with van der Waals surface area (Å²) in [5.74, 6) is 2.64. The summed E-state index contributed by atoms with van der Waals surface area (Å²) in [5.41, 5.74) is 0. The fourth-order valence-corrected chi connectivity index (χ4v) is 0.201. The van der Waals surface area contributed by atoms with E-state index in [2.05, 4.69) is 17.3 Å². The van der Waals surface area contributed by atoms with Crippen molar-refractivity contribution in [2.24, 2.45) is 5.96 Å². The van der Waals surface area contributed by atoms with Gasteiger partial charge in [0, 0.05) is 6.08 Å². The Labute approximate surface area is 53.2 Å². The molecule has 0 heterocycles. The molecular formula is C5H10FNO2. The quantitative estimate of drug-likeness (QED) is 0.342. The zero-order valence-corrected chi connectivity index (χ0v) is 5.26. The molecule has 3 nitrogen and oxygen atoms in total. The van der Waals surface area contributed by atoms with Gasteiger partial charge in [-0.3, -0.25) is 0 Å². The van der Waals surface area contributed by atoms with Crippen LogP contribution in [-0.4, -0.2) is 12.6 Å². The molecule has 54 valence electrons. The third kappa shape index (κ3) is 11.0. The van der Waals surface area contributed by atoms with Gasteiger partial charge in [0.1, 0.15) is 0 Å². The Morgan fingerprint density at radius 1 is 1.89 bits per heavy atom. The summed E-state index contributed by atoms with van der Waals surface area (Å²) in [6.07, 6.45) is 1.14. The lowest BCUT2D eigenvalue weighted by Gasteiger charge is -1.90. The van der Waals surface area contributed by atoms with Gasteiger partial charge >= 0.3 is 5.97 Å². The van der Waals surface area contributed by atoms with Crippen LogP contribution in [0, 0.1) is 0 Å². The third-order valence-corrected chi connectivity index (χ3v) is 0.453. The average molecular weight is 135 g/mol. The summed E-state index contributed by atoms with van der Waals surface area (Å²) in [7, 11) is 0. The molecule has 0 aromatic rings. The van der Waals surface area contributed by atoms with E-state index in [1.807, 2.05) is 0 Å². The van der Waals surface area contributed by atoms with E-state index in [1.54, 1.807) is 6.92 Å². The molecule has 0 aliphatic rings. The van der Waals surface area contributed by atoms with Crippen LogP contribution < -0.4 is 5.96 Å². The van der Waals surface area contributed by atoms with Gasteiger partial charge in [0.15, 0.2) is 0 Å². The molecule has 0 amide bonds. The lowest BCUT2D eigenvalue weighted by atomic mass is 10.6. The predicted octanol–water partition coefficient (Wildman–Crippen LogP) is 0.565. The fourth-order valence-electron chi connectivity index (χ4n) is 0.201. The minimum atomic E-state index is -0.359. The van der Waals surface area contributed by atoms with Crippen molar-refractivity contribution in [3.05, 3.63) is 12.7 Å². The first kappa shape index (κ1) is 11.0. The molecule has 0 rings (SSSR count). The summed E-state index contributed by atoms with van der Waals surface area (Å²) < 4.78 is 13.4. The predicted molar refractivity (Wildman–Crippen MR) is 32.1 cm³/mol. The lowest BCUT2D eigenvalue weighted by Crippen LogP contribution is -1.97. The number of esters is 1. The highest BCUT2D eigenvalue weighted by Gasteiger charge is 1.86. The molecule has 0 saturated carbocycles. The maximum Gasteiger partial charge on any atom is 0.330 e. The Morgan fingerprint density at radius 3 is 2.44 bits per heavy atom. The van der Waals surface area contributed by atoms with Gasteiger partial charge < -0.3 is 4.74 Å². The second-order valence-electron chi connectivity index (χ2n) is 0.956. The zero-order valence-electron chi connectivity index (χ0n) is 5.26. The van der Waals surface area contributed by atoms with Crippen LogP contribution in [0.4, 0.5) is 4.48 Å². The van der Waals surface area contributed by atoms with Crippen molar-refractivity contribution in [1.82, 2.24) is 0 Å². The smallest absolute Gasteiger partial charge is 0.330 e. The number of hydrogen-bond acceptors (Lipinski definition) is 3. The van der Waals surface area contributed by atoms with Crippen LogP contribution >= 0.6 is 0 Å². The molecule has 0 aliphatic carbocycles. The summed E-state index contributed by atoms with van der Waals surface area (Å²) in [6, 6.07) is 0. The van der Waals surface area contributed by atoms with Gasteiger partial charge in [0.2, 0.25) is 0 Å². The second kappa shape index (κ2) is 10.2. The summed E-state index contributed by atoms with van der Waals surface area (Å²) in [4.78, 5) is 10.1. The Kier molecular flexibility index (Phi) is 12.4. The van der Waals surface area contributed by atoms with Crippen LogP contribution in [0.25, 0.3) is 0 Å². The Morgan fingerprint density at radius 2 is 2.33 bits per heavy atom. The second-order valence-corrected chi connectivity index (χ2v) is 0.956. The highest BCUT2D eigenvalue weighted by molar-refractivity contribution is 5.81. The highest BCUT2D eigenvalue weighted by atomic mass is 19.2. The van der Waals surface area contributed by atoms with Crippen molar-refractivity contribution in [3.8, 4) is 0 Å². The van der Waals surface area contributed by atoms with Gasteiger partial charge in [-0.25, -0.2) is 4.79 Å². The van der Waals surface area contributed by atoms with Gasteiger partial charge in [-0.1, -0.05) is 6.58 Å². The third-order valence-electron chi connectivity index (χ3n) is 0.453. The zero-order chi connectivity index (χ0) is 7.70. The van der Waals surface area contributed by atoms with Gasteiger partial charge in [-0.15, -0.1) is 4.48 Å². The van der Waals surface area contributed by atoms with Crippen LogP contribution in [0.3, 0.4) is 0 Å². The van der Waals surface area contributed by atoms with Gasteiger partial charge in [0.25, 0.3) is 0 Å². The van der Waals surface area contributed by atoms with Gasteiger partial charge in [0.05, 0.1) is 6.61 Å². The molecule has 0 aromatic carbocycles. The number of hydrogen-bond donors (Lipinski definition) is 1. The Hall–Kier alpha value is -0.900. The maximum absolute atomic E-state index is 10.1. The summed E-state index contributed by atoms with van der Waals surface area (Å²) in [6.45, 7) is 5.38. The molecule has 0 saturated heterocycles. The first-order chi connectivity index (χ1) is 4.31. The first-order valence-corrected chi connectivity index (χ1v) is 2.32. The van der Waals surface area contributed by atoms with Gasteiger partial charge in [-0.2, -0.15) is 5.96 Å². The summed E-state index contributed by atoms with van der Waals surface area (Å²) >= 11 is 0. The van der Waals surface area contributed by atoms with Crippen molar-refractivity contribution < 1.29 is 14.0 Å². The number of ether oxygens (including phenoxy) is 1. The van der Waals surface area contributed by atoms with Crippen LogP contribution in [-0.2, 0) is 9.53 Å². The van der Waals surface area contributed by atoms with Crippen molar-refractivity contribution >= 4 is 5.97 Å².